The van der Waals surface area contributed by atoms with Gasteiger partial charge < -0.3 is 60.4 Å². The minimum atomic E-state index is -1.18. The van der Waals surface area contributed by atoms with E-state index in [9.17, 15) is 0 Å². The molecule has 0 aliphatic carbocycles. The Balaban J connectivity index is -0.0000000285. The molecule has 0 atom stereocenters. The molecular weight excluding hydrogens is 449 g/mol. The summed E-state index contributed by atoms with van der Waals surface area (Å²) in [5.74, 6) is 0.702. The van der Waals surface area contributed by atoms with Crippen LogP contribution in [0.2, 0.25) is 6.32 Å². The summed E-state index contributed by atoms with van der Waals surface area (Å²) in [7, 11) is 7.78. The Morgan fingerprint density at radius 3 is 1.31 bits per heavy atom. The van der Waals surface area contributed by atoms with Gasteiger partial charge in [-0.15, -0.1) is 11.6 Å². The standard InChI is InChI=1S/C4H11BO3.C4H9ClO.C4H9O.C3H9BO3.ClH.2Mg.2H/c1-8-4-2-3-5(6)7;1-6-4-2-3-5;1-3-4-5-2;1-5-4(6-2)7-3;;;;;/h6-7H,2-4H2,1H3;2-4H2,1H3;1,3-4H2,2H3;1-3H3;1H;;;;/q;;-1;;;2*+2;2*-1/p-1. The summed E-state index contributed by atoms with van der Waals surface area (Å²) in [6, 6.07) is 0. The molecule has 0 saturated carbocycles. The second-order valence-corrected chi connectivity index (χ2v) is 4.87. The monoisotopic (exact) mass is 488 g/mol. The molecular formula is C15H40B2Cl2Mg2O8. The van der Waals surface area contributed by atoms with E-state index >= 15 is 0 Å². The molecule has 0 aromatic heterocycles. The van der Waals surface area contributed by atoms with Gasteiger partial charge in [-0.05, 0) is 19.2 Å². The maximum Gasteiger partial charge on any atom is 2.00 e. The zero-order valence-corrected chi connectivity index (χ0v) is 23.4. The molecule has 0 aliphatic rings. The molecule has 0 fully saturated rings. The molecule has 0 amide bonds. The van der Waals surface area contributed by atoms with Crippen LogP contribution in [0.4, 0.5) is 0 Å². The van der Waals surface area contributed by atoms with Crippen molar-refractivity contribution in [3.8, 4) is 0 Å². The van der Waals surface area contributed by atoms with Gasteiger partial charge in [0.05, 0.1) is 0 Å². The molecule has 0 aliphatic heterocycles. The average molecular weight is 490 g/mol. The molecule has 172 valence electrons. The molecule has 0 heterocycles. The van der Waals surface area contributed by atoms with Crippen LogP contribution in [0.5, 0.6) is 0 Å². The topological polar surface area (TPSA) is 95.8 Å². The first-order valence-corrected chi connectivity index (χ1v) is 8.75. The van der Waals surface area contributed by atoms with E-state index in [1.165, 1.54) is 21.3 Å². The van der Waals surface area contributed by atoms with Crippen LogP contribution in [-0.2, 0) is 28.2 Å². The van der Waals surface area contributed by atoms with Crippen molar-refractivity contribution in [3.05, 3.63) is 6.92 Å². The van der Waals surface area contributed by atoms with Crippen LogP contribution in [0, 0.1) is 6.92 Å². The number of ether oxygens (including phenoxy) is 3. The van der Waals surface area contributed by atoms with E-state index < -0.39 is 14.4 Å². The van der Waals surface area contributed by atoms with Crippen molar-refractivity contribution in [2.24, 2.45) is 0 Å². The van der Waals surface area contributed by atoms with Gasteiger partial charge in [-0.1, -0.05) is 0 Å². The van der Waals surface area contributed by atoms with E-state index in [1.54, 1.807) is 21.3 Å². The third-order valence-electron chi connectivity index (χ3n) is 2.22. The van der Waals surface area contributed by atoms with Gasteiger partial charge in [-0.3, -0.25) is 0 Å². The predicted octanol–water partition coefficient (Wildman–Crippen LogP) is -2.01. The molecule has 0 radical (unpaired) electrons. The number of rotatable bonds is 12. The fourth-order valence-corrected chi connectivity index (χ4v) is 1.15. The van der Waals surface area contributed by atoms with E-state index in [-0.39, 0.29) is 61.4 Å². The molecule has 14 heteroatoms. The Morgan fingerprint density at radius 2 is 1.17 bits per heavy atom. The van der Waals surface area contributed by atoms with Crippen LogP contribution in [0.25, 0.3) is 0 Å². The zero-order chi connectivity index (χ0) is 21.1. The normalized spacial score (nSPS) is 8.07. The van der Waals surface area contributed by atoms with Crippen molar-refractivity contribution < 1.29 is 53.5 Å². The Hall–Kier alpha value is 1.92. The first-order chi connectivity index (χ1) is 12.4. The predicted molar refractivity (Wildman–Crippen MR) is 121 cm³/mol. The van der Waals surface area contributed by atoms with Crippen molar-refractivity contribution in [2.45, 2.75) is 25.6 Å². The summed E-state index contributed by atoms with van der Waals surface area (Å²) < 4.78 is 27.8. The quantitative estimate of drug-likeness (QED) is 0.141. The summed E-state index contributed by atoms with van der Waals surface area (Å²) in [5.41, 5.74) is 0. The van der Waals surface area contributed by atoms with Gasteiger partial charge in [0.2, 0.25) is 0 Å². The first-order valence-electron chi connectivity index (χ1n) is 8.21. The Labute approximate surface area is 225 Å². The van der Waals surface area contributed by atoms with Crippen LogP contribution >= 0.6 is 11.6 Å². The molecule has 0 spiro atoms. The van der Waals surface area contributed by atoms with Crippen LogP contribution in [0.3, 0.4) is 0 Å². The van der Waals surface area contributed by atoms with E-state index in [4.69, 9.17) is 26.4 Å². The van der Waals surface area contributed by atoms with Gasteiger partial charge in [0.15, 0.2) is 0 Å². The average Bonchev–Trinajstić information content (AvgIpc) is 2.64. The minimum Gasteiger partial charge on any atom is -1.00 e. The van der Waals surface area contributed by atoms with Crippen molar-refractivity contribution in [2.75, 3.05) is 68.4 Å². The van der Waals surface area contributed by atoms with Gasteiger partial charge in [0.25, 0.3) is 0 Å². The van der Waals surface area contributed by atoms with Crippen LogP contribution in [0.1, 0.15) is 22.1 Å². The number of hydrogen-bond donors (Lipinski definition) is 2. The second kappa shape index (κ2) is 52.1. The van der Waals surface area contributed by atoms with Crippen molar-refractivity contribution in [3.63, 3.8) is 0 Å². The fraction of sp³-hybridized carbons (Fsp3) is 0.933. The number of alkyl halides is 1. The summed E-state index contributed by atoms with van der Waals surface area (Å²) in [6.07, 6.45) is 2.93. The number of methoxy groups -OCH3 is 3. The summed E-state index contributed by atoms with van der Waals surface area (Å²) in [4.78, 5) is 0. The Morgan fingerprint density at radius 1 is 0.793 bits per heavy atom. The third kappa shape index (κ3) is 72.6. The second-order valence-electron chi connectivity index (χ2n) is 4.49. The van der Waals surface area contributed by atoms with Gasteiger partial charge in [0, 0.05) is 68.4 Å². The first kappa shape index (κ1) is 48.4. The third-order valence-corrected chi connectivity index (χ3v) is 2.49. The van der Waals surface area contributed by atoms with Crippen molar-refractivity contribution >= 4 is 72.1 Å². The molecule has 0 saturated heterocycles. The van der Waals surface area contributed by atoms with Crippen molar-refractivity contribution in [1.82, 2.24) is 0 Å². The number of hydrogen-bond acceptors (Lipinski definition) is 8. The molecule has 0 aromatic carbocycles. The molecule has 8 nitrogen and oxygen atoms in total. The van der Waals surface area contributed by atoms with E-state index in [2.05, 4.69) is 30.4 Å². The molecule has 2 N–H and O–H groups in total. The van der Waals surface area contributed by atoms with E-state index in [0.29, 0.717) is 25.2 Å². The van der Waals surface area contributed by atoms with Gasteiger partial charge >= 0.3 is 60.5 Å². The maximum atomic E-state index is 8.28. The van der Waals surface area contributed by atoms with Crippen molar-refractivity contribution in [1.29, 1.82) is 0 Å². The molecule has 0 rings (SSSR count). The SMILES string of the molecule is COB(OC)OC.COCCCB(O)O.COCCCCl.[CH2-]CCOC.[Cl-].[H-].[H-].[Mg+2].[Mg+2]. The zero-order valence-electron chi connectivity index (χ0n) is 21.0. The molecule has 0 bridgehead atoms. The Bertz CT molecular complexity index is 218. The number of halogens is 2. The summed E-state index contributed by atoms with van der Waals surface area (Å²) >= 11 is 5.30. The molecule has 29 heavy (non-hydrogen) atoms. The minimum absolute atomic E-state index is 0. The van der Waals surface area contributed by atoms with Crippen LogP contribution < -0.4 is 12.4 Å². The largest absolute Gasteiger partial charge is 2.00 e. The summed E-state index contributed by atoms with van der Waals surface area (Å²) in [5, 5.41) is 16.6. The van der Waals surface area contributed by atoms with E-state index in [1.807, 2.05) is 0 Å². The van der Waals surface area contributed by atoms with Gasteiger partial charge in [-0.2, -0.15) is 6.42 Å². The Kier molecular flexibility index (Phi) is 86.9. The summed E-state index contributed by atoms with van der Waals surface area (Å²) in [6.45, 7) is 5.70. The van der Waals surface area contributed by atoms with E-state index in [0.717, 1.165) is 26.1 Å². The van der Waals surface area contributed by atoms with Gasteiger partial charge in [0.1, 0.15) is 0 Å². The van der Waals surface area contributed by atoms with Crippen LogP contribution in [-0.4, -0.2) is 139 Å². The smallest absolute Gasteiger partial charge is 1.00 e. The molecule has 0 unspecified atom stereocenters. The van der Waals surface area contributed by atoms with Crippen LogP contribution in [0.15, 0.2) is 0 Å². The molecule has 0 aromatic rings. The fourth-order valence-electron chi connectivity index (χ4n) is 1.04. The van der Waals surface area contributed by atoms with Gasteiger partial charge in [-0.25, -0.2) is 0 Å². The maximum absolute atomic E-state index is 8.28.